The van der Waals surface area contributed by atoms with E-state index in [0.717, 1.165) is 11.5 Å². The minimum atomic E-state index is -0.289. The molecule has 5 heteroatoms. The van der Waals surface area contributed by atoms with E-state index in [-0.39, 0.29) is 5.41 Å². The number of halogens is 1. The lowest BCUT2D eigenvalue weighted by molar-refractivity contribution is 0.381. The van der Waals surface area contributed by atoms with Gasteiger partial charge in [0.15, 0.2) is 0 Å². The summed E-state index contributed by atoms with van der Waals surface area (Å²) in [5.74, 6) is 2.83. The molecule has 4 rings (SSSR count). The average molecular weight is 317 g/mol. The van der Waals surface area contributed by atoms with Crippen LogP contribution >= 0.6 is 11.6 Å². The summed E-state index contributed by atoms with van der Waals surface area (Å²) in [7, 11) is 0. The van der Waals surface area contributed by atoms with Crippen molar-refractivity contribution in [2.75, 3.05) is 0 Å². The fourth-order valence-corrected chi connectivity index (χ4v) is 3.40. The summed E-state index contributed by atoms with van der Waals surface area (Å²) < 4.78 is 2.41. The summed E-state index contributed by atoms with van der Waals surface area (Å²) >= 11 is 6.09. The Morgan fingerprint density at radius 1 is 1.14 bits per heavy atom. The third-order valence-electron chi connectivity index (χ3n) is 5.02. The van der Waals surface area contributed by atoms with Crippen molar-refractivity contribution in [2.45, 2.75) is 63.3 Å². The van der Waals surface area contributed by atoms with Crippen molar-refractivity contribution in [3.8, 4) is 0 Å². The molecule has 2 aliphatic carbocycles. The number of pyridine rings is 1. The predicted octanol–water partition coefficient (Wildman–Crippen LogP) is 4.25. The fraction of sp³-hybridized carbons (Fsp3) is 0.588. The Morgan fingerprint density at radius 3 is 2.50 bits per heavy atom. The summed E-state index contributed by atoms with van der Waals surface area (Å²) in [5.41, 5.74) is 0.664. The number of hydrogen-bond acceptors (Lipinski definition) is 3. The highest BCUT2D eigenvalue weighted by atomic mass is 35.5. The lowest BCUT2D eigenvalue weighted by atomic mass is 9.84. The van der Waals surface area contributed by atoms with Gasteiger partial charge in [0.05, 0.1) is 11.1 Å². The van der Waals surface area contributed by atoms with Crippen molar-refractivity contribution >= 4 is 11.6 Å². The van der Waals surface area contributed by atoms with Crippen LogP contribution in [0.3, 0.4) is 0 Å². The van der Waals surface area contributed by atoms with Gasteiger partial charge in [-0.15, -0.1) is 10.2 Å². The molecular formula is C17H21ClN4. The first kappa shape index (κ1) is 14.2. The molecule has 2 heterocycles. The molecule has 2 saturated carbocycles. The van der Waals surface area contributed by atoms with Crippen molar-refractivity contribution < 1.29 is 0 Å². The smallest absolute Gasteiger partial charge is 0.145 e. The molecule has 0 N–H and O–H groups in total. The molecule has 0 atom stereocenters. The first-order valence-electron chi connectivity index (χ1n) is 8.15. The quantitative estimate of drug-likeness (QED) is 0.792. The highest BCUT2D eigenvalue weighted by Gasteiger charge is 2.39. The van der Waals surface area contributed by atoms with E-state index in [2.05, 4.69) is 33.6 Å². The van der Waals surface area contributed by atoms with Crippen molar-refractivity contribution in [3.63, 3.8) is 0 Å². The Balaban J connectivity index is 1.79. The highest BCUT2D eigenvalue weighted by molar-refractivity contribution is 6.29. The van der Waals surface area contributed by atoms with Crippen LogP contribution in [0.2, 0.25) is 5.15 Å². The van der Waals surface area contributed by atoms with Gasteiger partial charge in [0.2, 0.25) is 0 Å². The Bertz CT molecular complexity index is 698. The van der Waals surface area contributed by atoms with E-state index in [0.29, 0.717) is 17.1 Å². The fourth-order valence-electron chi connectivity index (χ4n) is 3.24. The Hall–Kier alpha value is -1.42. The van der Waals surface area contributed by atoms with Crippen LogP contribution in [0.4, 0.5) is 0 Å². The molecule has 0 saturated heterocycles. The molecule has 0 radical (unpaired) electrons. The monoisotopic (exact) mass is 316 g/mol. The Morgan fingerprint density at radius 2 is 1.91 bits per heavy atom. The van der Waals surface area contributed by atoms with E-state index in [1.54, 1.807) is 0 Å². The molecule has 0 amide bonds. The van der Waals surface area contributed by atoms with Gasteiger partial charge in [0, 0.05) is 12.0 Å². The average Bonchev–Trinajstić information content (AvgIpc) is 3.17. The van der Waals surface area contributed by atoms with Crippen LogP contribution in [-0.4, -0.2) is 19.7 Å². The molecule has 0 bridgehead atoms. The van der Waals surface area contributed by atoms with Gasteiger partial charge < -0.3 is 4.57 Å². The van der Waals surface area contributed by atoms with Gasteiger partial charge in [-0.25, -0.2) is 4.98 Å². The third-order valence-corrected chi connectivity index (χ3v) is 5.23. The van der Waals surface area contributed by atoms with Gasteiger partial charge in [0.25, 0.3) is 0 Å². The summed E-state index contributed by atoms with van der Waals surface area (Å²) in [6, 6.07) is 6.38. The molecule has 0 spiro atoms. The zero-order valence-electron chi connectivity index (χ0n) is 13.1. The summed E-state index contributed by atoms with van der Waals surface area (Å²) in [6.07, 6.45) is 6.30. The third kappa shape index (κ3) is 2.24. The Kier molecular flexibility index (Phi) is 3.26. The first-order chi connectivity index (χ1) is 10.6. The number of nitrogens with zero attached hydrogens (tertiary/aromatic N) is 4. The van der Waals surface area contributed by atoms with E-state index in [1.807, 2.05) is 18.2 Å². The highest BCUT2D eigenvalue weighted by Crippen LogP contribution is 2.45. The van der Waals surface area contributed by atoms with Crippen LogP contribution in [-0.2, 0) is 5.41 Å². The van der Waals surface area contributed by atoms with Crippen LogP contribution < -0.4 is 0 Å². The Labute approximate surface area is 135 Å². The van der Waals surface area contributed by atoms with Gasteiger partial charge in [-0.2, -0.15) is 0 Å². The molecule has 0 aromatic carbocycles. The maximum absolute atomic E-state index is 6.09. The van der Waals surface area contributed by atoms with E-state index >= 15 is 0 Å². The van der Waals surface area contributed by atoms with Crippen LogP contribution in [0, 0.1) is 0 Å². The molecule has 4 nitrogen and oxygen atoms in total. The number of hydrogen-bond donors (Lipinski definition) is 0. The van der Waals surface area contributed by atoms with Gasteiger partial charge >= 0.3 is 0 Å². The second kappa shape index (κ2) is 5.05. The molecule has 2 aromatic rings. The minimum Gasteiger partial charge on any atom is -0.311 e. The van der Waals surface area contributed by atoms with Gasteiger partial charge in [-0.1, -0.05) is 24.1 Å². The predicted molar refractivity (Wildman–Crippen MR) is 86.3 cm³/mol. The molecule has 2 aliphatic rings. The van der Waals surface area contributed by atoms with Crippen molar-refractivity contribution in [3.05, 3.63) is 40.7 Å². The summed E-state index contributed by atoms with van der Waals surface area (Å²) in [5, 5.41) is 9.68. The first-order valence-corrected chi connectivity index (χ1v) is 8.53. The summed E-state index contributed by atoms with van der Waals surface area (Å²) in [6.45, 7) is 4.33. The number of rotatable bonds is 4. The molecule has 0 aliphatic heterocycles. The number of aromatic nitrogens is 4. The molecule has 116 valence electrons. The maximum atomic E-state index is 6.09. The molecule has 22 heavy (non-hydrogen) atoms. The van der Waals surface area contributed by atoms with Crippen LogP contribution in [0.15, 0.2) is 18.2 Å². The van der Waals surface area contributed by atoms with Crippen LogP contribution in [0.5, 0.6) is 0 Å². The van der Waals surface area contributed by atoms with Gasteiger partial charge in [0.1, 0.15) is 16.8 Å². The van der Waals surface area contributed by atoms with Crippen molar-refractivity contribution in [1.29, 1.82) is 0 Å². The molecule has 0 unspecified atom stereocenters. The second-order valence-electron chi connectivity index (χ2n) is 7.08. The summed E-state index contributed by atoms with van der Waals surface area (Å²) in [4.78, 5) is 4.51. The van der Waals surface area contributed by atoms with Gasteiger partial charge in [-0.3, -0.25) is 0 Å². The lowest BCUT2D eigenvalue weighted by Crippen LogP contribution is -2.27. The minimum absolute atomic E-state index is 0.289. The van der Waals surface area contributed by atoms with E-state index < -0.39 is 0 Å². The second-order valence-corrected chi connectivity index (χ2v) is 7.47. The zero-order valence-corrected chi connectivity index (χ0v) is 13.8. The lowest BCUT2D eigenvalue weighted by Gasteiger charge is -2.28. The molecule has 2 aromatic heterocycles. The van der Waals surface area contributed by atoms with Crippen molar-refractivity contribution in [2.24, 2.45) is 0 Å². The molecular weight excluding hydrogens is 296 g/mol. The topological polar surface area (TPSA) is 43.6 Å². The standard InChI is InChI=1S/C17H21ClN4/c1-17(2,13-7-4-8-14(18)19-13)16-21-20-15(11-5-3-6-11)22(16)12-9-10-12/h4,7-8,11-12H,3,5-6,9-10H2,1-2H3. The van der Waals surface area contributed by atoms with Gasteiger partial charge in [-0.05, 0) is 51.7 Å². The van der Waals surface area contributed by atoms with E-state index in [1.165, 1.54) is 37.9 Å². The normalized spacial score (nSPS) is 19.2. The zero-order chi connectivity index (χ0) is 15.3. The largest absolute Gasteiger partial charge is 0.311 e. The van der Waals surface area contributed by atoms with Crippen molar-refractivity contribution in [1.82, 2.24) is 19.7 Å². The SMILES string of the molecule is CC(C)(c1cccc(Cl)n1)c1nnc(C2CCC2)n1C1CC1. The van der Waals surface area contributed by atoms with E-state index in [4.69, 9.17) is 11.6 Å². The van der Waals surface area contributed by atoms with Crippen LogP contribution in [0.25, 0.3) is 0 Å². The maximum Gasteiger partial charge on any atom is 0.145 e. The van der Waals surface area contributed by atoms with E-state index in [9.17, 15) is 0 Å². The molecule has 2 fully saturated rings. The van der Waals surface area contributed by atoms with Crippen LogP contribution in [0.1, 0.15) is 75.3 Å².